The summed E-state index contributed by atoms with van der Waals surface area (Å²) in [7, 11) is 1.54. The predicted molar refractivity (Wildman–Crippen MR) is 47.4 cm³/mol. The lowest BCUT2D eigenvalue weighted by molar-refractivity contribution is 0.369. The molecule has 0 bridgehead atoms. The van der Waals surface area contributed by atoms with Gasteiger partial charge in [0, 0.05) is 0 Å². The first-order valence-electron chi connectivity index (χ1n) is 3.84. The van der Waals surface area contributed by atoms with Crippen molar-refractivity contribution in [1.82, 2.24) is 0 Å². The Bertz CT molecular complexity index is 261. The molecule has 0 amide bonds. The number of phenolic OH excluding ortho intramolecular Hbond substituents is 1. The van der Waals surface area contributed by atoms with Crippen LogP contribution in [-0.2, 0) is 6.42 Å². The first-order chi connectivity index (χ1) is 5.79. The van der Waals surface area contributed by atoms with Gasteiger partial charge in [-0.1, -0.05) is 12.1 Å². The Labute approximate surface area is 71.8 Å². The molecule has 0 heterocycles. The number of hydrogen-bond acceptors (Lipinski definition) is 3. The van der Waals surface area contributed by atoms with Crippen molar-refractivity contribution >= 4 is 0 Å². The predicted octanol–water partition coefficient (Wildman–Crippen LogP) is 0.902. The Morgan fingerprint density at radius 2 is 2.25 bits per heavy atom. The van der Waals surface area contributed by atoms with Gasteiger partial charge in [0.25, 0.3) is 0 Å². The van der Waals surface area contributed by atoms with Crippen LogP contribution >= 0.6 is 0 Å². The van der Waals surface area contributed by atoms with E-state index < -0.39 is 0 Å². The zero-order valence-electron chi connectivity index (χ0n) is 7.08. The molecule has 12 heavy (non-hydrogen) atoms. The van der Waals surface area contributed by atoms with Crippen LogP contribution in [0.1, 0.15) is 5.56 Å². The highest BCUT2D eigenvalue weighted by molar-refractivity contribution is 5.45. The van der Waals surface area contributed by atoms with Crippen LogP contribution < -0.4 is 10.5 Å². The first kappa shape index (κ1) is 8.87. The Hall–Kier alpha value is -1.22. The molecule has 1 rings (SSSR count). The average Bonchev–Trinajstić information content (AvgIpc) is 2.05. The van der Waals surface area contributed by atoms with Gasteiger partial charge in [0.2, 0.25) is 0 Å². The lowest BCUT2D eigenvalue weighted by atomic mass is 10.1. The van der Waals surface area contributed by atoms with Gasteiger partial charge in [-0.3, -0.25) is 0 Å². The van der Waals surface area contributed by atoms with E-state index in [9.17, 15) is 5.11 Å². The molecular formula is C9H13NO2. The Morgan fingerprint density at radius 3 is 2.83 bits per heavy atom. The molecule has 0 radical (unpaired) electrons. The van der Waals surface area contributed by atoms with Crippen LogP contribution in [0.3, 0.4) is 0 Å². The molecule has 0 saturated carbocycles. The summed E-state index contributed by atoms with van der Waals surface area (Å²) in [5.41, 5.74) is 6.34. The summed E-state index contributed by atoms with van der Waals surface area (Å²) in [5, 5.41) is 9.35. The third-order valence-electron chi connectivity index (χ3n) is 1.69. The van der Waals surface area contributed by atoms with E-state index in [0.717, 1.165) is 12.0 Å². The van der Waals surface area contributed by atoms with Gasteiger partial charge in [-0.15, -0.1) is 0 Å². The number of para-hydroxylation sites is 1. The minimum atomic E-state index is 0.170. The van der Waals surface area contributed by atoms with E-state index in [1.165, 1.54) is 7.11 Å². The highest BCUT2D eigenvalue weighted by atomic mass is 16.5. The van der Waals surface area contributed by atoms with Crippen molar-refractivity contribution in [2.45, 2.75) is 6.42 Å². The van der Waals surface area contributed by atoms with Crippen molar-refractivity contribution < 1.29 is 9.84 Å². The molecule has 0 aromatic heterocycles. The van der Waals surface area contributed by atoms with E-state index in [1.807, 2.05) is 6.07 Å². The molecule has 0 unspecified atom stereocenters. The zero-order chi connectivity index (χ0) is 8.97. The summed E-state index contributed by atoms with van der Waals surface area (Å²) >= 11 is 0. The van der Waals surface area contributed by atoms with E-state index in [4.69, 9.17) is 10.5 Å². The average molecular weight is 167 g/mol. The van der Waals surface area contributed by atoms with Gasteiger partial charge in [0.1, 0.15) is 0 Å². The van der Waals surface area contributed by atoms with Gasteiger partial charge in [-0.25, -0.2) is 0 Å². The van der Waals surface area contributed by atoms with E-state index in [2.05, 4.69) is 0 Å². The highest BCUT2D eigenvalue weighted by Gasteiger charge is 2.05. The van der Waals surface area contributed by atoms with Crippen LogP contribution in [0, 0.1) is 0 Å². The zero-order valence-corrected chi connectivity index (χ0v) is 7.08. The van der Waals surface area contributed by atoms with Gasteiger partial charge in [0.05, 0.1) is 7.11 Å². The fourth-order valence-corrected chi connectivity index (χ4v) is 1.16. The summed E-state index contributed by atoms with van der Waals surface area (Å²) in [6.07, 6.45) is 0.720. The van der Waals surface area contributed by atoms with Crippen LogP contribution in [0.5, 0.6) is 11.5 Å². The minimum absolute atomic E-state index is 0.170. The summed E-state index contributed by atoms with van der Waals surface area (Å²) in [5.74, 6) is 0.700. The Balaban J connectivity index is 3.00. The van der Waals surface area contributed by atoms with Crippen molar-refractivity contribution in [3.63, 3.8) is 0 Å². The second-order valence-corrected chi connectivity index (χ2v) is 2.51. The van der Waals surface area contributed by atoms with Gasteiger partial charge in [0.15, 0.2) is 11.5 Å². The van der Waals surface area contributed by atoms with Crippen molar-refractivity contribution in [3.05, 3.63) is 23.8 Å². The lowest BCUT2D eigenvalue weighted by Crippen LogP contribution is -2.04. The molecule has 1 aromatic rings. The maximum absolute atomic E-state index is 9.35. The smallest absolute Gasteiger partial charge is 0.163 e. The van der Waals surface area contributed by atoms with Gasteiger partial charge < -0.3 is 15.6 Å². The third-order valence-corrected chi connectivity index (χ3v) is 1.69. The Kier molecular flexibility index (Phi) is 2.94. The first-order valence-corrected chi connectivity index (χ1v) is 3.84. The molecule has 0 spiro atoms. The minimum Gasteiger partial charge on any atom is -0.504 e. The lowest BCUT2D eigenvalue weighted by Gasteiger charge is -2.08. The highest BCUT2D eigenvalue weighted by Crippen LogP contribution is 2.29. The molecule has 1 aromatic carbocycles. The summed E-state index contributed by atoms with van der Waals surface area (Å²) in [6, 6.07) is 5.27. The number of aromatic hydroxyl groups is 1. The molecule has 66 valence electrons. The van der Waals surface area contributed by atoms with E-state index in [0.29, 0.717) is 12.3 Å². The normalized spacial score (nSPS) is 9.83. The van der Waals surface area contributed by atoms with Gasteiger partial charge in [-0.2, -0.15) is 0 Å². The number of rotatable bonds is 3. The molecule has 0 saturated heterocycles. The number of hydrogen-bond donors (Lipinski definition) is 2. The second kappa shape index (κ2) is 3.97. The molecule has 3 nitrogen and oxygen atoms in total. The van der Waals surface area contributed by atoms with Gasteiger partial charge in [-0.05, 0) is 24.6 Å². The molecule has 3 heteroatoms. The molecule has 3 N–H and O–H groups in total. The number of phenols is 1. The number of ether oxygens (including phenoxy) is 1. The van der Waals surface area contributed by atoms with E-state index in [1.54, 1.807) is 12.1 Å². The fraction of sp³-hybridized carbons (Fsp3) is 0.333. The second-order valence-electron chi connectivity index (χ2n) is 2.51. The number of methoxy groups -OCH3 is 1. The molecule has 0 atom stereocenters. The van der Waals surface area contributed by atoms with E-state index in [-0.39, 0.29) is 5.75 Å². The summed E-state index contributed by atoms with van der Waals surface area (Å²) in [4.78, 5) is 0. The maximum Gasteiger partial charge on any atom is 0.163 e. The van der Waals surface area contributed by atoms with E-state index >= 15 is 0 Å². The Morgan fingerprint density at radius 1 is 1.50 bits per heavy atom. The maximum atomic E-state index is 9.35. The van der Waals surface area contributed by atoms with Crippen LogP contribution in [0.15, 0.2) is 18.2 Å². The molecular weight excluding hydrogens is 154 g/mol. The van der Waals surface area contributed by atoms with Crippen LogP contribution in [0.4, 0.5) is 0 Å². The topological polar surface area (TPSA) is 55.5 Å². The van der Waals surface area contributed by atoms with Crippen LogP contribution in [0.25, 0.3) is 0 Å². The fourth-order valence-electron chi connectivity index (χ4n) is 1.16. The molecule has 0 aliphatic carbocycles. The van der Waals surface area contributed by atoms with Crippen LogP contribution in [0.2, 0.25) is 0 Å². The van der Waals surface area contributed by atoms with Gasteiger partial charge >= 0.3 is 0 Å². The quantitative estimate of drug-likeness (QED) is 0.703. The molecule has 0 fully saturated rings. The monoisotopic (exact) mass is 167 g/mol. The summed E-state index contributed by atoms with van der Waals surface area (Å²) < 4.78 is 5.02. The SMILES string of the molecule is COc1c(O)cccc1CCN. The van der Waals surface area contributed by atoms with Crippen molar-refractivity contribution in [2.24, 2.45) is 5.73 Å². The largest absolute Gasteiger partial charge is 0.504 e. The third kappa shape index (κ3) is 1.68. The standard InChI is InChI=1S/C9H13NO2/c1-12-9-7(5-6-10)3-2-4-8(9)11/h2-4,11H,5-6,10H2,1H3. The number of benzene rings is 1. The summed E-state index contributed by atoms with van der Waals surface area (Å²) in [6.45, 7) is 0.555. The van der Waals surface area contributed by atoms with Crippen molar-refractivity contribution in [3.8, 4) is 11.5 Å². The van der Waals surface area contributed by atoms with Crippen molar-refractivity contribution in [1.29, 1.82) is 0 Å². The molecule has 0 aliphatic heterocycles. The van der Waals surface area contributed by atoms with Crippen molar-refractivity contribution in [2.75, 3.05) is 13.7 Å². The number of nitrogens with two attached hydrogens (primary N) is 1. The van der Waals surface area contributed by atoms with Crippen LogP contribution in [-0.4, -0.2) is 18.8 Å². The molecule has 0 aliphatic rings.